The number of rotatable bonds is 2. The first-order chi connectivity index (χ1) is 3.13. The Balaban J connectivity index is 0. The number of hydrogen-bond acceptors (Lipinski definition) is 2. The van der Waals surface area contributed by atoms with E-state index in [4.69, 9.17) is 0 Å². The Labute approximate surface area is 57.1 Å². The van der Waals surface area contributed by atoms with Crippen LogP contribution in [0.15, 0.2) is 0 Å². The van der Waals surface area contributed by atoms with E-state index in [2.05, 4.69) is 11.5 Å². The van der Waals surface area contributed by atoms with Gasteiger partial charge in [-0.1, -0.05) is 0 Å². The van der Waals surface area contributed by atoms with Crippen LogP contribution >= 0.6 is 0 Å². The molecule has 0 atom stereocenters. The van der Waals surface area contributed by atoms with Crippen molar-refractivity contribution in [3.05, 3.63) is 0 Å². The van der Waals surface area contributed by atoms with Crippen LogP contribution in [0, 0.1) is 0 Å². The Kier molecular flexibility index (Phi) is 6.02. The fourth-order valence-corrected chi connectivity index (χ4v) is 0.172. The van der Waals surface area contributed by atoms with Gasteiger partial charge in [-0.15, -0.1) is 0 Å². The SMILES string of the molecule is NC(=O)CC(N)=O.[Fe]. The minimum atomic E-state index is -0.687. The Morgan fingerprint density at radius 3 is 1.38 bits per heavy atom. The molecule has 0 radical (unpaired) electrons. The molecule has 0 fully saturated rings. The molecule has 2 amide bonds. The minimum absolute atomic E-state index is 0. The van der Waals surface area contributed by atoms with Crippen molar-refractivity contribution >= 4 is 11.8 Å². The molecule has 5 heteroatoms. The predicted octanol–water partition coefficient (Wildman–Crippen LogP) is -1.66. The maximum atomic E-state index is 9.73. The fraction of sp³-hybridized carbons (Fsp3) is 0.333. The second kappa shape index (κ2) is 4.61. The zero-order chi connectivity index (χ0) is 5.86. The van der Waals surface area contributed by atoms with E-state index in [0.29, 0.717) is 0 Å². The van der Waals surface area contributed by atoms with E-state index in [1.807, 2.05) is 0 Å². The summed E-state index contributed by atoms with van der Waals surface area (Å²) in [6.45, 7) is 0. The van der Waals surface area contributed by atoms with Crippen LogP contribution < -0.4 is 11.5 Å². The first-order valence-electron chi connectivity index (χ1n) is 1.69. The van der Waals surface area contributed by atoms with Crippen molar-refractivity contribution < 1.29 is 26.7 Å². The van der Waals surface area contributed by atoms with Crippen LogP contribution in [0.2, 0.25) is 0 Å². The maximum absolute atomic E-state index is 9.73. The Hall–Kier alpha value is -0.541. The van der Waals surface area contributed by atoms with Crippen LogP contribution in [0.1, 0.15) is 6.42 Å². The molecular formula is C3H6FeN2O2. The standard InChI is InChI=1S/C3H6N2O2.Fe/c4-2(6)1-3(5)7;/h1H2,(H2,4,6)(H2,5,7);. The molecule has 0 rings (SSSR count). The fourth-order valence-electron chi connectivity index (χ4n) is 0.172. The summed E-state index contributed by atoms with van der Waals surface area (Å²) in [6.07, 6.45) is -0.361. The van der Waals surface area contributed by atoms with Crippen molar-refractivity contribution in [3.8, 4) is 0 Å². The smallest absolute Gasteiger partial charge is 0.226 e. The molecular weight excluding hydrogens is 152 g/mol. The molecule has 0 aromatic heterocycles. The number of amides is 2. The summed E-state index contributed by atoms with van der Waals surface area (Å²) in [5, 5.41) is 0. The Morgan fingerprint density at radius 2 is 1.38 bits per heavy atom. The summed E-state index contributed by atoms with van der Waals surface area (Å²) < 4.78 is 0. The number of primary amides is 2. The van der Waals surface area contributed by atoms with Gasteiger partial charge in [0.05, 0.1) is 0 Å². The molecule has 0 aromatic carbocycles. The van der Waals surface area contributed by atoms with Crippen LogP contribution in [0.25, 0.3) is 0 Å². The number of nitrogens with two attached hydrogens (primary N) is 2. The first-order valence-corrected chi connectivity index (χ1v) is 1.69. The van der Waals surface area contributed by atoms with Crippen molar-refractivity contribution in [2.24, 2.45) is 11.5 Å². The van der Waals surface area contributed by atoms with Crippen LogP contribution in [0.4, 0.5) is 0 Å². The van der Waals surface area contributed by atoms with Gasteiger partial charge in [-0.2, -0.15) is 0 Å². The molecule has 48 valence electrons. The maximum Gasteiger partial charge on any atom is 0.226 e. The van der Waals surface area contributed by atoms with Gasteiger partial charge < -0.3 is 11.5 Å². The molecule has 0 aliphatic heterocycles. The topological polar surface area (TPSA) is 86.2 Å². The van der Waals surface area contributed by atoms with Crippen molar-refractivity contribution in [2.75, 3.05) is 0 Å². The zero-order valence-electron chi connectivity index (χ0n) is 4.03. The monoisotopic (exact) mass is 158 g/mol. The molecule has 4 N–H and O–H groups in total. The van der Waals surface area contributed by atoms with Crippen LogP contribution in [-0.4, -0.2) is 11.8 Å². The van der Waals surface area contributed by atoms with E-state index < -0.39 is 11.8 Å². The third kappa shape index (κ3) is 9.07. The van der Waals surface area contributed by atoms with E-state index in [-0.39, 0.29) is 23.5 Å². The van der Waals surface area contributed by atoms with Gasteiger partial charge in [0.15, 0.2) is 0 Å². The molecule has 0 aliphatic rings. The summed E-state index contributed by atoms with van der Waals surface area (Å²) >= 11 is 0. The van der Waals surface area contributed by atoms with Gasteiger partial charge in [0.25, 0.3) is 0 Å². The van der Waals surface area contributed by atoms with E-state index in [1.54, 1.807) is 0 Å². The molecule has 4 nitrogen and oxygen atoms in total. The summed E-state index contributed by atoms with van der Waals surface area (Å²) in [5.41, 5.74) is 9.11. The quantitative estimate of drug-likeness (QED) is 0.372. The first kappa shape index (κ1) is 10.4. The number of carbonyl (C=O) groups excluding carboxylic acids is 2. The molecule has 0 saturated heterocycles. The normalized spacial score (nSPS) is 7.00. The summed E-state index contributed by atoms with van der Waals surface area (Å²) in [7, 11) is 0. The van der Waals surface area contributed by atoms with Crippen molar-refractivity contribution in [1.29, 1.82) is 0 Å². The van der Waals surface area contributed by atoms with E-state index in [1.165, 1.54) is 0 Å². The molecule has 0 spiro atoms. The molecule has 0 aromatic rings. The van der Waals surface area contributed by atoms with Gasteiger partial charge in [-0.25, -0.2) is 0 Å². The Bertz CT molecular complexity index is 91.5. The number of carbonyl (C=O) groups is 2. The van der Waals surface area contributed by atoms with E-state index in [9.17, 15) is 9.59 Å². The van der Waals surface area contributed by atoms with Crippen molar-refractivity contribution in [1.82, 2.24) is 0 Å². The van der Waals surface area contributed by atoms with Crippen LogP contribution in [-0.2, 0) is 26.7 Å². The molecule has 0 unspecified atom stereocenters. The van der Waals surface area contributed by atoms with Crippen LogP contribution in [0.5, 0.6) is 0 Å². The van der Waals surface area contributed by atoms with E-state index in [0.717, 1.165) is 0 Å². The second-order valence-electron chi connectivity index (χ2n) is 1.11. The molecule has 8 heavy (non-hydrogen) atoms. The van der Waals surface area contributed by atoms with Gasteiger partial charge in [0.2, 0.25) is 11.8 Å². The average Bonchev–Trinajstić information content (AvgIpc) is 1.27. The van der Waals surface area contributed by atoms with Gasteiger partial charge in [0, 0.05) is 17.1 Å². The largest absolute Gasteiger partial charge is 0.369 e. The second-order valence-corrected chi connectivity index (χ2v) is 1.11. The molecule has 0 heterocycles. The third-order valence-corrected chi connectivity index (χ3v) is 0.348. The average molecular weight is 158 g/mol. The van der Waals surface area contributed by atoms with Crippen molar-refractivity contribution in [2.45, 2.75) is 6.42 Å². The van der Waals surface area contributed by atoms with Crippen LogP contribution in [0.3, 0.4) is 0 Å². The third-order valence-electron chi connectivity index (χ3n) is 0.348. The molecule has 0 bridgehead atoms. The summed E-state index contributed by atoms with van der Waals surface area (Å²) in [4.78, 5) is 19.5. The zero-order valence-corrected chi connectivity index (χ0v) is 5.14. The minimum Gasteiger partial charge on any atom is -0.369 e. The predicted molar refractivity (Wildman–Crippen MR) is 23.0 cm³/mol. The van der Waals surface area contributed by atoms with Gasteiger partial charge in [-0.3, -0.25) is 9.59 Å². The van der Waals surface area contributed by atoms with Gasteiger partial charge in [0.1, 0.15) is 6.42 Å². The van der Waals surface area contributed by atoms with Gasteiger partial charge in [-0.05, 0) is 0 Å². The number of hydrogen-bond donors (Lipinski definition) is 2. The van der Waals surface area contributed by atoms with E-state index >= 15 is 0 Å². The van der Waals surface area contributed by atoms with Crippen molar-refractivity contribution in [3.63, 3.8) is 0 Å². The molecule has 0 aliphatic carbocycles. The summed E-state index contributed by atoms with van der Waals surface area (Å²) in [5.74, 6) is -1.37. The molecule has 0 saturated carbocycles. The van der Waals surface area contributed by atoms with Gasteiger partial charge >= 0.3 is 0 Å². The summed E-state index contributed by atoms with van der Waals surface area (Å²) in [6, 6.07) is 0. The Morgan fingerprint density at radius 1 is 1.12 bits per heavy atom.